The fourth-order valence-corrected chi connectivity index (χ4v) is 5.36. The summed E-state index contributed by atoms with van der Waals surface area (Å²) in [5.41, 5.74) is 2.71. The molecule has 0 unspecified atom stereocenters. The van der Waals surface area contributed by atoms with Crippen molar-refractivity contribution in [2.45, 2.75) is 57.2 Å². The Morgan fingerprint density at radius 1 is 1.32 bits per heavy atom. The molecule has 174 valence electrons. The molecular weight excluding hydrogens is 426 g/mol. The molecule has 3 aromatic rings. The smallest absolute Gasteiger partial charge is 0.160 e. The zero-order valence-corrected chi connectivity index (χ0v) is 19.3. The van der Waals surface area contributed by atoms with Gasteiger partial charge in [0.05, 0.1) is 11.6 Å². The molecule has 0 aliphatic carbocycles. The lowest BCUT2D eigenvalue weighted by Gasteiger charge is -2.39. The van der Waals surface area contributed by atoms with Gasteiger partial charge in [0, 0.05) is 66.2 Å². The van der Waals surface area contributed by atoms with Gasteiger partial charge in [-0.1, -0.05) is 0 Å². The maximum atomic E-state index is 9.00. The number of rotatable bonds is 8. The Morgan fingerprint density at radius 3 is 2.91 bits per heavy atom. The maximum Gasteiger partial charge on any atom is 0.160 e. The van der Waals surface area contributed by atoms with Crippen molar-refractivity contribution in [1.29, 1.82) is 5.26 Å². The standard InChI is InChI=1S/C25H29N9/c1-16-20(8-11-27-2)25(33-32-16)31-23-15-22-21(5-3-10-28-22)24(30-23)29-17-13-18-6-7-19(14-17)34(18)12-4-9-26/h3,5,8,10-11,15,17-19H,2,4,6-7,12-14H2,1H3,(H3,29,30,31,32,33)/b11-8-/t17-,18-,19+. The second-order valence-electron chi connectivity index (χ2n) is 9.00. The van der Waals surface area contributed by atoms with Crippen molar-refractivity contribution in [2.75, 3.05) is 17.2 Å². The Bertz CT molecular complexity index is 1240. The molecule has 0 radical (unpaired) electrons. The van der Waals surface area contributed by atoms with Crippen LogP contribution in [0.4, 0.5) is 17.5 Å². The lowest BCUT2D eigenvalue weighted by atomic mass is 9.97. The Balaban J connectivity index is 1.40. The van der Waals surface area contributed by atoms with E-state index >= 15 is 0 Å². The number of aliphatic imine (C=N–C) groups is 1. The van der Waals surface area contributed by atoms with E-state index in [1.807, 2.05) is 25.1 Å². The fourth-order valence-electron chi connectivity index (χ4n) is 5.36. The molecule has 2 aliphatic heterocycles. The minimum Gasteiger partial charge on any atom is -0.367 e. The van der Waals surface area contributed by atoms with Gasteiger partial charge < -0.3 is 10.6 Å². The normalized spacial score (nSPS) is 22.2. The van der Waals surface area contributed by atoms with E-state index in [2.05, 4.69) is 54.6 Å². The van der Waals surface area contributed by atoms with Crippen LogP contribution in [0.2, 0.25) is 0 Å². The zero-order valence-electron chi connectivity index (χ0n) is 19.3. The average molecular weight is 456 g/mol. The highest BCUT2D eigenvalue weighted by Crippen LogP contribution is 2.37. The number of nitrogens with one attached hydrogen (secondary N) is 3. The zero-order chi connectivity index (χ0) is 23.5. The molecule has 9 heteroatoms. The number of aromatic amines is 1. The molecule has 2 bridgehead atoms. The summed E-state index contributed by atoms with van der Waals surface area (Å²) in [5.74, 6) is 2.19. The Morgan fingerprint density at radius 2 is 2.15 bits per heavy atom. The topological polar surface area (TPSA) is 118 Å². The van der Waals surface area contributed by atoms with Crippen LogP contribution in [0, 0.1) is 18.3 Å². The third kappa shape index (κ3) is 4.37. The summed E-state index contributed by atoms with van der Waals surface area (Å²) in [6.45, 7) is 6.34. The van der Waals surface area contributed by atoms with Crippen molar-refractivity contribution in [2.24, 2.45) is 4.99 Å². The van der Waals surface area contributed by atoms with E-state index in [9.17, 15) is 0 Å². The fraction of sp³-hybridized carbons (Fsp3) is 0.400. The van der Waals surface area contributed by atoms with Gasteiger partial charge >= 0.3 is 0 Å². The number of H-pyrrole nitrogens is 1. The third-order valence-electron chi connectivity index (χ3n) is 6.89. The molecular formula is C25H29N9. The first-order chi connectivity index (χ1) is 16.7. The molecule has 2 saturated heterocycles. The number of pyridine rings is 2. The van der Waals surface area contributed by atoms with E-state index in [1.165, 1.54) is 12.8 Å². The van der Waals surface area contributed by atoms with E-state index in [1.54, 1.807) is 12.4 Å². The van der Waals surface area contributed by atoms with Crippen molar-refractivity contribution < 1.29 is 0 Å². The van der Waals surface area contributed by atoms with Crippen LogP contribution in [0.15, 0.2) is 35.6 Å². The quantitative estimate of drug-likeness (QED) is 0.431. The monoisotopic (exact) mass is 455 g/mol. The highest BCUT2D eigenvalue weighted by Gasteiger charge is 2.40. The largest absolute Gasteiger partial charge is 0.367 e. The molecule has 2 aliphatic rings. The summed E-state index contributed by atoms with van der Waals surface area (Å²) in [6, 6.07) is 9.65. The predicted octanol–water partition coefficient (Wildman–Crippen LogP) is 4.40. The summed E-state index contributed by atoms with van der Waals surface area (Å²) >= 11 is 0. The van der Waals surface area contributed by atoms with Crippen molar-refractivity contribution in [3.05, 3.63) is 41.9 Å². The number of anilines is 3. The molecule has 3 N–H and O–H groups in total. The van der Waals surface area contributed by atoms with Gasteiger partial charge in [0.1, 0.15) is 11.6 Å². The van der Waals surface area contributed by atoms with Crippen molar-refractivity contribution in [3.8, 4) is 6.07 Å². The van der Waals surface area contributed by atoms with Crippen LogP contribution in [0.1, 0.15) is 43.4 Å². The molecule has 9 nitrogen and oxygen atoms in total. The number of nitriles is 1. The molecule has 2 fully saturated rings. The van der Waals surface area contributed by atoms with Crippen LogP contribution in [-0.4, -0.2) is 56.5 Å². The van der Waals surface area contributed by atoms with Crippen molar-refractivity contribution >= 4 is 41.2 Å². The number of aromatic nitrogens is 4. The lowest BCUT2D eigenvalue weighted by molar-refractivity contribution is 0.136. The highest BCUT2D eigenvalue weighted by atomic mass is 15.2. The number of hydrogen-bond acceptors (Lipinski definition) is 8. The SMILES string of the molecule is C=N/C=C\c1c(Nc2cc3ncccc3c(N[C@@H]3C[C@H]4CC[C@@H](C3)N4CCC#N)n2)n[nH]c1C. The number of nitrogens with zero attached hydrogens (tertiary/aromatic N) is 6. The summed E-state index contributed by atoms with van der Waals surface area (Å²) in [5, 5.41) is 24.5. The van der Waals surface area contributed by atoms with E-state index in [4.69, 9.17) is 10.2 Å². The maximum absolute atomic E-state index is 9.00. The number of piperidine rings is 1. The van der Waals surface area contributed by atoms with E-state index in [0.717, 1.165) is 47.4 Å². The van der Waals surface area contributed by atoms with Gasteiger partial charge in [-0.2, -0.15) is 10.4 Å². The molecule has 3 aromatic heterocycles. The molecule has 3 atom stereocenters. The van der Waals surface area contributed by atoms with Gasteiger partial charge in [-0.25, -0.2) is 4.98 Å². The number of fused-ring (bicyclic) bond motifs is 3. The average Bonchev–Trinajstić information content (AvgIpc) is 3.30. The minimum atomic E-state index is 0.340. The Hall–Kier alpha value is -3.77. The van der Waals surface area contributed by atoms with Gasteiger partial charge in [0.2, 0.25) is 0 Å². The highest BCUT2D eigenvalue weighted by molar-refractivity contribution is 5.91. The van der Waals surface area contributed by atoms with E-state index in [0.29, 0.717) is 36.2 Å². The van der Waals surface area contributed by atoms with Crippen molar-refractivity contribution in [3.63, 3.8) is 0 Å². The molecule has 0 saturated carbocycles. The Kier molecular flexibility index (Phi) is 6.23. The summed E-state index contributed by atoms with van der Waals surface area (Å²) in [4.78, 5) is 15.9. The Labute approximate surface area is 199 Å². The lowest BCUT2D eigenvalue weighted by Crippen LogP contribution is -2.47. The van der Waals surface area contributed by atoms with Crippen LogP contribution >= 0.6 is 0 Å². The summed E-state index contributed by atoms with van der Waals surface area (Å²) in [6.07, 6.45) is 10.4. The van der Waals surface area contributed by atoms with Gasteiger partial charge in [-0.15, -0.1) is 0 Å². The van der Waals surface area contributed by atoms with Gasteiger partial charge in [-0.3, -0.25) is 20.0 Å². The first kappa shape index (κ1) is 22.0. The van der Waals surface area contributed by atoms with Gasteiger partial charge in [0.25, 0.3) is 0 Å². The summed E-state index contributed by atoms with van der Waals surface area (Å²) in [7, 11) is 0. The molecule has 5 rings (SSSR count). The molecule has 5 heterocycles. The van der Waals surface area contributed by atoms with Crippen LogP contribution in [-0.2, 0) is 0 Å². The van der Waals surface area contributed by atoms with Crippen LogP contribution in [0.25, 0.3) is 17.0 Å². The van der Waals surface area contributed by atoms with Crippen LogP contribution < -0.4 is 10.6 Å². The molecule has 0 aromatic carbocycles. The first-order valence-corrected chi connectivity index (χ1v) is 11.8. The number of aryl methyl sites for hydroxylation is 1. The molecule has 0 amide bonds. The molecule has 0 spiro atoms. The minimum absolute atomic E-state index is 0.340. The third-order valence-corrected chi connectivity index (χ3v) is 6.89. The van der Waals surface area contributed by atoms with Crippen LogP contribution in [0.3, 0.4) is 0 Å². The second-order valence-corrected chi connectivity index (χ2v) is 9.00. The first-order valence-electron chi connectivity index (χ1n) is 11.8. The predicted molar refractivity (Wildman–Crippen MR) is 135 cm³/mol. The van der Waals surface area contributed by atoms with Gasteiger partial charge in [-0.05, 0) is 57.5 Å². The van der Waals surface area contributed by atoms with Crippen molar-refractivity contribution in [1.82, 2.24) is 25.1 Å². The van der Waals surface area contributed by atoms with Crippen LogP contribution in [0.5, 0.6) is 0 Å². The second kappa shape index (κ2) is 9.61. The van der Waals surface area contributed by atoms with E-state index in [-0.39, 0.29) is 0 Å². The number of hydrogen-bond donors (Lipinski definition) is 3. The van der Waals surface area contributed by atoms with E-state index < -0.39 is 0 Å². The summed E-state index contributed by atoms with van der Waals surface area (Å²) < 4.78 is 0. The molecule has 34 heavy (non-hydrogen) atoms. The van der Waals surface area contributed by atoms with Gasteiger partial charge in [0.15, 0.2) is 5.82 Å².